The van der Waals surface area contributed by atoms with Gasteiger partial charge >= 0.3 is 0 Å². The Hall–Kier alpha value is -3.58. The second-order valence-electron chi connectivity index (χ2n) is 6.28. The smallest absolute Gasteiger partial charge is 0.276 e. The molecule has 0 unspecified atom stereocenters. The summed E-state index contributed by atoms with van der Waals surface area (Å²) in [5, 5.41) is 7.84. The third-order valence-corrected chi connectivity index (χ3v) is 4.62. The van der Waals surface area contributed by atoms with Gasteiger partial charge in [0.1, 0.15) is 5.69 Å². The van der Waals surface area contributed by atoms with Gasteiger partial charge in [-0.3, -0.25) is 9.59 Å². The normalized spacial score (nSPS) is 10.8. The molecule has 29 heavy (non-hydrogen) atoms. The number of amides is 1. The van der Waals surface area contributed by atoms with Crippen LogP contribution in [0.1, 0.15) is 17.4 Å². The standard InChI is InChI=1S/C21H17ClN4O3/c1-2-25-13-15(7-10-20(25)27)23-21(28)17-12-18(19-4-3-11-29-19)26(24-17)16-8-5-14(22)6-9-16/h3-13H,2H2,1H3,(H,23,28). The fourth-order valence-corrected chi connectivity index (χ4v) is 3.04. The van der Waals surface area contributed by atoms with Crippen LogP contribution in [0.2, 0.25) is 5.02 Å². The summed E-state index contributed by atoms with van der Waals surface area (Å²) in [4.78, 5) is 24.5. The summed E-state index contributed by atoms with van der Waals surface area (Å²) < 4.78 is 8.64. The maximum absolute atomic E-state index is 12.8. The summed E-state index contributed by atoms with van der Waals surface area (Å²) in [7, 11) is 0. The number of benzene rings is 1. The first-order valence-electron chi connectivity index (χ1n) is 8.97. The van der Waals surface area contributed by atoms with Gasteiger partial charge in [-0.25, -0.2) is 4.68 Å². The molecule has 8 heteroatoms. The number of carbonyl (C=O) groups is 1. The lowest BCUT2D eigenvalue weighted by atomic mass is 10.2. The number of carbonyl (C=O) groups excluding carboxylic acids is 1. The number of nitrogens with zero attached hydrogens (tertiary/aromatic N) is 3. The molecule has 1 amide bonds. The zero-order valence-electron chi connectivity index (χ0n) is 15.5. The molecule has 3 aromatic heterocycles. The highest BCUT2D eigenvalue weighted by molar-refractivity contribution is 6.30. The van der Waals surface area contributed by atoms with Crippen molar-refractivity contribution in [3.8, 4) is 17.1 Å². The van der Waals surface area contributed by atoms with E-state index in [0.717, 1.165) is 5.69 Å². The molecule has 0 aliphatic heterocycles. The fourth-order valence-electron chi connectivity index (χ4n) is 2.92. The van der Waals surface area contributed by atoms with Crippen LogP contribution in [0, 0.1) is 0 Å². The minimum Gasteiger partial charge on any atom is -0.463 e. The number of halogens is 1. The first-order chi connectivity index (χ1) is 14.0. The van der Waals surface area contributed by atoms with E-state index in [1.54, 1.807) is 65.7 Å². The van der Waals surface area contributed by atoms with Gasteiger partial charge in [-0.1, -0.05) is 11.6 Å². The van der Waals surface area contributed by atoms with Crippen LogP contribution < -0.4 is 10.9 Å². The lowest BCUT2D eigenvalue weighted by molar-refractivity contribution is 0.102. The highest BCUT2D eigenvalue weighted by atomic mass is 35.5. The van der Waals surface area contributed by atoms with Crippen molar-refractivity contribution in [3.05, 3.63) is 88.1 Å². The van der Waals surface area contributed by atoms with Gasteiger partial charge in [0.25, 0.3) is 11.5 Å². The van der Waals surface area contributed by atoms with Gasteiger partial charge in [0, 0.05) is 29.9 Å². The van der Waals surface area contributed by atoms with E-state index in [1.807, 2.05) is 6.92 Å². The molecule has 0 saturated heterocycles. The first kappa shape index (κ1) is 18.8. The van der Waals surface area contributed by atoms with Gasteiger partial charge in [0.15, 0.2) is 11.5 Å². The zero-order chi connectivity index (χ0) is 20.4. The highest BCUT2D eigenvalue weighted by Crippen LogP contribution is 2.25. The van der Waals surface area contributed by atoms with Gasteiger partial charge in [-0.15, -0.1) is 0 Å². The summed E-state index contributed by atoms with van der Waals surface area (Å²) in [6.07, 6.45) is 3.16. The summed E-state index contributed by atoms with van der Waals surface area (Å²) in [6, 6.07) is 15.3. The zero-order valence-corrected chi connectivity index (χ0v) is 16.3. The highest BCUT2D eigenvalue weighted by Gasteiger charge is 2.18. The third kappa shape index (κ3) is 3.86. The second-order valence-corrected chi connectivity index (χ2v) is 6.71. The Kier molecular flexibility index (Phi) is 5.05. The number of aromatic nitrogens is 3. The number of anilines is 1. The van der Waals surface area contributed by atoms with Crippen LogP contribution in [0.25, 0.3) is 17.1 Å². The predicted octanol–water partition coefficient (Wildman–Crippen LogP) is 4.22. The molecule has 0 bridgehead atoms. The Morgan fingerprint density at radius 2 is 1.97 bits per heavy atom. The molecule has 1 aromatic carbocycles. The Morgan fingerprint density at radius 3 is 2.66 bits per heavy atom. The van der Waals surface area contributed by atoms with E-state index < -0.39 is 5.91 Å². The van der Waals surface area contributed by atoms with Crippen LogP contribution in [0.15, 0.2) is 76.3 Å². The summed E-state index contributed by atoms with van der Waals surface area (Å²) in [5.74, 6) is 0.179. The number of furan rings is 1. The van der Waals surface area contributed by atoms with Gasteiger partial charge in [0.05, 0.1) is 17.6 Å². The van der Waals surface area contributed by atoms with Crippen molar-refractivity contribution < 1.29 is 9.21 Å². The molecule has 3 heterocycles. The van der Waals surface area contributed by atoms with Crippen LogP contribution in [0.5, 0.6) is 0 Å². The SMILES string of the molecule is CCn1cc(NC(=O)c2cc(-c3ccco3)n(-c3ccc(Cl)cc3)n2)ccc1=O. The first-order valence-corrected chi connectivity index (χ1v) is 9.34. The van der Waals surface area contributed by atoms with Crippen molar-refractivity contribution in [2.24, 2.45) is 0 Å². The van der Waals surface area contributed by atoms with Crippen LogP contribution in [-0.4, -0.2) is 20.3 Å². The Bertz CT molecular complexity index is 1210. The van der Waals surface area contributed by atoms with Crippen molar-refractivity contribution in [3.63, 3.8) is 0 Å². The Balaban J connectivity index is 1.71. The lowest BCUT2D eigenvalue weighted by Crippen LogP contribution is -2.20. The maximum Gasteiger partial charge on any atom is 0.276 e. The maximum atomic E-state index is 12.8. The number of pyridine rings is 1. The van der Waals surface area contributed by atoms with Crippen molar-refractivity contribution >= 4 is 23.2 Å². The van der Waals surface area contributed by atoms with E-state index in [2.05, 4.69) is 10.4 Å². The largest absolute Gasteiger partial charge is 0.463 e. The van der Waals surface area contributed by atoms with E-state index in [-0.39, 0.29) is 11.3 Å². The molecule has 0 aliphatic carbocycles. The number of aryl methyl sites for hydroxylation is 1. The van der Waals surface area contributed by atoms with Gasteiger partial charge in [-0.05, 0) is 49.4 Å². The van der Waals surface area contributed by atoms with E-state index >= 15 is 0 Å². The molecule has 146 valence electrons. The monoisotopic (exact) mass is 408 g/mol. The molecule has 4 aromatic rings. The van der Waals surface area contributed by atoms with Crippen molar-refractivity contribution in [2.45, 2.75) is 13.5 Å². The molecule has 0 saturated carbocycles. The topological polar surface area (TPSA) is 82.1 Å². The number of rotatable bonds is 5. The molecule has 7 nitrogen and oxygen atoms in total. The molecular weight excluding hydrogens is 392 g/mol. The van der Waals surface area contributed by atoms with Crippen LogP contribution in [-0.2, 0) is 6.54 Å². The third-order valence-electron chi connectivity index (χ3n) is 4.37. The second kappa shape index (κ2) is 7.81. The average molecular weight is 409 g/mol. The molecule has 0 fully saturated rings. The van der Waals surface area contributed by atoms with Gasteiger partial charge < -0.3 is 14.3 Å². The Labute approximate surface area is 171 Å². The van der Waals surface area contributed by atoms with Crippen LogP contribution >= 0.6 is 11.6 Å². The van der Waals surface area contributed by atoms with E-state index in [1.165, 1.54) is 10.6 Å². The Morgan fingerprint density at radius 1 is 1.17 bits per heavy atom. The van der Waals surface area contributed by atoms with Crippen LogP contribution in [0.4, 0.5) is 5.69 Å². The average Bonchev–Trinajstić information content (AvgIpc) is 3.39. The van der Waals surface area contributed by atoms with E-state index in [4.69, 9.17) is 16.0 Å². The van der Waals surface area contributed by atoms with Crippen molar-refractivity contribution in [1.82, 2.24) is 14.3 Å². The number of hydrogen-bond acceptors (Lipinski definition) is 4. The minimum absolute atomic E-state index is 0.127. The van der Waals surface area contributed by atoms with Crippen LogP contribution in [0.3, 0.4) is 0 Å². The number of hydrogen-bond donors (Lipinski definition) is 1. The van der Waals surface area contributed by atoms with Gasteiger partial charge in [0.2, 0.25) is 0 Å². The van der Waals surface area contributed by atoms with E-state index in [9.17, 15) is 9.59 Å². The molecule has 0 spiro atoms. The fraction of sp³-hybridized carbons (Fsp3) is 0.0952. The number of nitrogens with one attached hydrogen (secondary N) is 1. The summed E-state index contributed by atoms with van der Waals surface area (Å²) >= 11 is 5.98. The summed E-state index contributed by atoms with van der Waals surface area (Å²) in [6.45, 7) is 2.37. The molecule has 4 rings (SSSR count). The predicted molar refractivity (Wildman–Crippen MR) is 111 cm³/mol. The molecule has 1 N–H and O–H groups in total. The molecule has 0 aliphatic rings. The van der Waals surface area contributed by atoms with E-state index in [0.29, 0.717) is 28.7 Å². The molecule has 0 atom stereocenters. The van der Waals surface area contributed by atoms with Gasteiger partial charge in [-0.2, -0.15) is 5.10 Å². The molecule has 0 radical (unpaired) electrons. The minimum atomic E-state index is -0.396. The lowest BCUT2D eigenvalue weighted by Gasteiger charge is -2.07. The van der Waals surface area contributed by atoms with Crippen molar-refractivity contribution in [2.75, 3.05) is 5.32 Å². The quantitative estimate of drug-likeness (QED) is 0.536. The molecular formula is C21H17ClN4O3. The van der Waals surface area contributed by atoms with Crippen molar-refractivity contribution in [1.29, 1.82) is 0 Å². The summed E-state index contributed by atoms with van der Waals surface area (Å²) in [5.41, 5.74) is 1.95.